The van der Waals surface area contributed by atoms with Crippen molar-refractivity contribution in [3.05, 3.63) is 82.8 Å². The molecule has 0 aliphatic heterocycles. The molecule has 30 heavy (non-hydrogen) atoms. The molecule has 1 aromatic heterocycles. The van der Waals surface area contributed by atoms with Crippen molar-refractivity contribution < 1.29 is 18.8 Å². The molecule has 0 bridgehead atoms. The fourth-order valence-electron chi connectivity index (χ4n) is 3.02. The molecular formula is C24H26N2O4. The van der Waals surface area contributed by atoms with Gasteiger partial charge in [-0.1, -0.05) is 41.6 Å². The molecule has 0 fully saturated rings. The summed E-state index contributed by atoms with van der Waals surface area (Å²) in [5, 5.41) is 6.89. The van der Waals surface area contributed by atoms with Gasteiger partial charge < -0.3 is 19.3 Å². The lowest BCUT2D eigenvalue weighted by Gasteiger charge is -2.13. The maximum atomic E-state index is 12.3. The fourth-order valence-corrected chi connectivity index (χ4v) is 3.02. The first kappa shape index (κ1) is 21.2. The van der Waals surface area contributed by atoms with Crippen LogP contribution in [0.25, 0.3) is 6.08 Å². The molecule has 0 aliphatic carbocycles. The number of hydrogen-bond donors (Lipinski definition) is 1. The Hall–Kier alpha value is -3.54. The third-order valence-electron chi connectivity index (χ3n) is 4.83. The average Bonchev–Trinajstić information content (AvgIpc) is 3.08. The van der Waals surface area contributed by atoms with E-state index in [0.29, 0.717) is 18.1 Å². The molecule has 0 aliphatic rings. The van der Waals surface area contributed by atoms with Gasteiger partial charge in [0.15, 0.2) is 11.5 Å². The second kappa shape index (κ2) is 9.78. The second-order valence-electron chi connectivity index (χ2n) is 6.98. The van der Waals surface area contributed by atoms with E-state index in [2.05, 4.69) is 10.5 Å². The summed E-state index contributed by atoms with van der Waals surface area (Å²) < 4.78 is 16.5. The summed E-state index contributed by atoms with van der Waals surface area (Å²) in [5.74, 6) is 1.77. The molecule has 1 N–H and O–H groups in total. The van der Waals surface area contributed by atoms with Crippen molar-refractivity contribution in [1.29, 1.82) is 0 Å². The SMILES string of the molecule is COc1cc(C=CC(=O)NC(C)c2ccccc2)ccc1OCc1c(C)noc1C. The highest BCUT2D eigenvalue weighted by Gasteiger charge is 2.12. The van der Waals surface area contributed by atoms with Crippen LogP contribution in [0.5, 0.6) is 11.5 Å². The van der Waals surface area contributed by atoms with Gasteiger partial charge >= 0.3 is 0 Å². The van der Waals surface area contributed by atoms with E-state index in [4.69, 9.17) is 14.0 Å². The number of methoxy groups -OCH3 is 1. The van der Waals surface area contributed by atoms with E-state index in [1.54, 1.807) is 13.2 Å². The minimum absolute atomic E-state index is 0.0713. The first-order valence-electron chi connectivity index (χ1n) is 9.74. The molecular weight excluding hydrogens is 380 g/mol. The molecule has 0 spiro atoms. The minimum atomic E-state index is -0.163. The topological polar surface area (TPSA) is 73.6 Å². The van der Waals surface area contributed by atoms with Gasteiger partial charge in [0, 0.05) is 6.08 Å². The van der Waals surface area contributed by atoms with Crippen LogP contribution in [-0.4, -0.2) is 18.2 Å². The number of rotatable bonds is 8. The van der Waals surface area contributed by atoms with E-state index < -0.39 is 0 Å². The summed E-state index contributed by atoms with van der Waals surface area (Å²) in [6.45, 7) is 6.03. The van der Waals surface area contributed by atoms with Crippen LogP contribution >= 0.6 is 0 Å². The van der Waals surface area contributed by atoms with E-state index in [1.807, 2.05) is 69.3 Å². The summed E-state index contributed by atoms with van der Waals surface area (Å²) in [6.07, 6.45) is 3.26. The highest BCUT2D eigenvalue weighted by Crippen LogP contribution is 2.30. The standard InChI is InChI=1S/C24H26N2O4/c1-16(20-8-6-5-7-9-20)25-24(27)13-11-19-10-12-22(23(14-19)28-4)29-15-21-17(2)26-30-18(21)3/h5-14,16H,15H2,1-4H3,(H,25,27). The Labute approximate surface area is 176 Å². The van der Waals surface area contributed by atoms with E-state index in [1.165, 1.54) is 6.08 Å². The normalized spacial score (nSPS) is 12.0. The summed E-state index contributed by atoms with van der Waals surface area (Å²) in [4.78, 5) is 12.3. The average molecular weight is 406 g/mol. The van der Waals surface area contributed by atoms with Gasteiger partial charge in [0.2, 0.25) is 5.91 Å². The summed E-state index contributed by atoms with van der Waals surface area (Å²) in [5.41, 5.74) is 3.62. The number of benzene rings is 2. The second-order valence-corrected chi connectivity index (χ2v) is 6.98. The van der Waals surface area contributed by atoms with Gasteiger partial charge in [0.1, 0.15) is 12.4 Å². The van der Waals surface area contributed by atoms with Crippen molar-refractivity contribution in [3.63, 3.8) is 0 Å². The van der Waals surface area contributed by atoms with E-state index in [-0.39, 0.29) is 11.9 Å². The van der Waals surface area contributed by atoms with Crippen LogP contribution in [0.4, 0.5) is 0 Å². The van der Waals surface area contributed by atoms with Crippen LogP contribution in [0.15, 0.2) is 59.1 Å². The Bertz CT molecular complexity index is 1010. The van der Waals surface area contributed by atoms with Crippen LogP contribution in [0, 0.1) is 13.8 Å². The summed E-state index contributed by atoms with van der Waals surface area (Å²) in [7, 11) is 1.58. The van der Waals surface area contributed by atoms with Gasteiger partial charge in [-0.3, -0.25) is 4.79 Å². The zero-order valence-corrected chi connectivity index (χ0v) is 17.6. The Morgan fingerprint density at radius 1 is 1.17 bits per heavy atom. The monoisotopic (exact) mass is 406 g/mol. The predicted molar refractivity (Wildman–Crippen MR) is 115 cm³/mol. The molecule has 6 nitrogen and oxygen atoms in total. The zero-order valence-electron chi connectivity index (χ0n) is 17.6. The molecule has 6 heteroatoms. The Kier molecular flexibility index (Phi) is 6.91. The molecule has 3 rings (SSSR count). The van der Waals surface area contributed by atoms with E-state index in [0.717, 1.165) is 28.1 Å². The van der Waals surface area contributed by atoms with Gasteiger partial charge in [-0.05, 0) is 50.1 Å². The number of ether oxygens (including phenoxy) is 2. The summed E-state index contributed by atoms with van der Waals surface area (Å²) >= 11 is 0. The first-order chi connectivity index (χ1) is 14.5. The van der Waals surface area contributed by atoms with Gasteiger partial charge in [-0.25, -0.2) is 0 Å². The van der Waals surface area contributed by atoms with Gasteiger partial charge in [0.25, 0.3) is 0 Å². The van der Waals surface area contributed by atoms with Crippen LogP contribution in [0.1, 0.15) is 41.1 Å². The van der Waals surface area contributed by atoms with Crippen LogP contribution in [-0.2, 0) is 11.4 Å². The van der Waals surface area contributed by atoms with Crippen molar-refractivity contribution in [2.24, 2.45) is 0 Å². The largest absolute Gasteiger partial charge is 0.493 e. The Morgan fingerprint density at radius 3 is 2.60 bits per heavy atom. The third-order valence-corrected chi connectivity index (χ3v) is 4.83. The molecule has 0 saturated carbocycles. The number of hydrogen-bond acceptors (Lipinski definition) is 5. The molecule has 0 saturated heterocycles. The number of aromatic nitrogens is 1. The molecule has 1 atom stereocenters. The highest BCUT2D eigenvalue weighted by atomic mass is 16.5. The van der Waals surface area contributed by atoms with Crippen molar-refractivity contribution >= 4 is 12.0 Å². The molecule has 2 aromatic carbocycles. The summed E-state index contributed by atoms with van der Waals surface area (Å²) in [6, 6.07) is 15.3. The number of nitrogens with zero attached hydrogens (tertiary/aromatic N) is 1. The Balaban J connectivity index is 1.63. The van der Waals surface area contributed by atoms with Gasteiger partial charge in [-0.15, -0.1) is 0 Å². The number of carbonyl (C=O) groups excluding carboxylic acids is 1. The van der Waals surface area contributed by atoms with E-state index >= 15 is 0 Å². The number of aryl methyl sites for hydroxylation is 2. The van der Waals surface area contributed by atoms with Crippen molar-refractivity contribution in [1.82, 2.24) is 10.5 Å². The molecule has 1 amide bonds. The lowest BCUT2D eigenvalue weighted by Crippen LogP contribution is -2.24. The van der Waals surface area contributed by atoms with Gasteiger partial charge in [-0.2, -0.15) is 0 Å². The lowest BCUT2D eigenvalue weighted by molar-refractivity contribution is -0.117. The minimum Gasteiger partial charge on any atom is -0.493 e. The zero-order chi connectivity index (χ0) is 21.5. The number of amides is 1. The highest BCUT2D eigenvalue weighted by molar-refractivity contribution is 5.92. The van der Waals surface area contributed by atoms with Crippen LogP contribution < -0.4 is 14.8 Å². The molecule has 3 aromatic rings. The van der Waals surface area contributed by atoms with Gasteiger partial charge in [0.05, 0.1) is 24.4 Å². The van der Waals surface area contributed by atoms with Crippen molar-refractivity contribution in [3.8, 4) is 11.5 Å². The van der Waals surface area contributed by atoms with Crippen molar-refractivity contribution in [2.75, 3.05) is 7.11 Å². The number of carbonyl (C=O) groups is 1. The lowest BCUT2D eigenvalue weighted by atomic mass is 10.1. The third kappa shape index (κ3) is 5.29. The molecule has 0 radical (unpaired) electrons. The number of nitrogens with one attached hydrogen (secondary N) is 1. The predicted octanol–water partition coefficient (Wildman–Crippen LogP) is 4.77. The fraction of sp³-hybridized carbons (Fsp3) is 0.250. The first-order valence-corrected chi connectivity index (χ1v) is 9.74. The van der Waals surface area contributed by atoms with Crippen molar-refractivity contribution in [2.45, 2.75) is 33.4 Å². The molecule has 156 valence electrons. The smallest absolute Gasteiger partial charge is 0.244 e. The molecule has 1 heterocycles. The van der Waals surface area contributed by atoms with E-state index in [9.17, 15) is 4.79 Å². The maximum absolute atomic E-state index is 12.3. The van der Waals surface area contributed by atoms with Crippen LogP contribution in [0.3, 0.4) is 0 Å². The maximum Gasteiger partial charge on any atom is 0.244 e. The Morgan fingerprint density at radius 2 is 1.93 bits per heavy atom. The quantitative estimate of drug-likeness (QED) is 0.546. The molecule has 1 unspecified atom stereocenters. The van der Waals surface area contributed by atoms with Crippen LogP contribution in [0.2, 0.25) is 0 Å².